The van der Waals surface area contributed by atoms with Gasteiger partial charge >= 0.3 is 12.1 Å². The monoisotopic (exact) mass is 389 g/mol. The van der Waals surface area contributed by atoms with Gasteiger partial charge in [0.2, 0.25) is 11.4 Å². The Morgan fingerprint density at radius 3 is 2.39 bits per heavy atom. The molecule has 3 rings (SSSR count). The van der Waals surface area contributed by atoms with Crippen molar-refractivity contribution < 1.29 is 27.4 Å². The Balaban J connectivity index is 2.03. The van der Waals surface area contributed by atoms with Crippen molar-refractivity contribution in [3.05, 3.63) is 83.9 Å². The number of esters is 1. The zero-order valence-corrected chi connectivity index (χ0v) is 15.1. The molecule has 4 nitrogen and oxygen atoms in total. The summed E-state index contributed by atoms with van der Waals surface area (Å²) in [6.07, 6.45) is -2.84. The van der Waals surface area contributed by atoms with Crippen LogP contribution in [0.4, 0.5) is 13.2 Å². The van der Waals surface area contributed by atoms with Crippen LogP contribution in [0.25, 0.3) is 0 Å². The molecule has 28 heavy (non-hydrogen) atoms. The number of carbonyl (C=O) groups is 1. The molecule has 0 aliphatic carbocycles. The van der Waals surface area contributed by atoms with Crippen molar-refractivity contribution in [3.63, 3.8) is 0 Å². The lowest BCUT2D eigenvalue weighted by Crippen LogP contribution is -2.44. The summed E-state index contributed by atoms with van der Waals surface area (Å²) in [5.41, 5.74) is -1.04. The number of benzene rings is 2. The van der Waals surface area contributed by atoms with Crippen LogP contribution in [0, 0.1) is 0 Å². The summed E-state index contributed by atoms with van der Waals surface area (Å²) in [6.45, 7) is 3.71. The molecule has 0 radical (unpaired) electrons. The first-order valence-electron chi connectivity index (χ1n) is 8.48. The Kier molecular flexibility index (Phi) is 5.27. The maximum atomic E-state index is 12.8. The minimum absolute atomic E-state index is 0.0851. The van der Waals surface area contributed by atoms with E-state index < -0.39 is 29.2 Å². The summed E-state index contributed by atoms with van der Waals surface area (Å²) in [4.78, 5) is 17.1. The lowest BCUT2D eigenvalue weighted by molar-refractivity contribution is -0.148. The fourth-order valence-electron chi connectivity index (χ4n) is 3.21. The Morgan fingerprint density at radius 1 is 1.21 bits per heavy atom. The predicted molar refractivity (Wildman–Crippen MR) is 98.1 cm³/mol. The standard InChI is InChI=1S/C21H18F3NO3/c1-3-17(14-7-5-4-6-8-14)20(19(26)27-2)13-28-18(25-20)15-9-11-16(12-10-15)21(22,23)24/h3-12,17H,1,13H2,2H3/t17-,20+/m0/s1. The van der Waals surface area contributed by atoms with Gasteiger partial charge in [-0.2, -0.15) is 13.2 Å². The number of carbonyl (C=O) groups excluding carboxylic acids is 1. The molecule has 0 saturated carbocycles. The molecule has 1 aliphatic heterocycles. The first-order valence-corrected chi connectivity index (χ1v) is 8.48. The van der Waals surface area contributed by atoms with Gasteiger partial charge in [-0.15, -0.1) is 6.58 Å². The predicted octanol–water partition coefficient (Wildman–Crippen LogP) is 4.36. The largest absolute Gasteiger partial charge is 0.474 e. The molecule has 1 aliphatic rings. The van der Waals surface area contributed by atoms with Crippen LogP contribution >= 0.6 is 0 Å². The summed E-state index contributed by atoms with van der Waals surface area (Å²) in [5.74, 6) is -1.06. The van der Waals surface area contributed by atoms with E-state index >= 15 is 0 Å². The number of hydrogen-bond donors (Lipinski definition) is 0. The number of hydrogen-bond acceptors (Lipinski definition) is 4. The molecule has 2 aromatic carbocycles. The molecule has 0 unspecified atom stereocenters. The number of ether oxygens (including phenoxy) is 2. The van der Waals surface area contributed by atoms with Crippen LogP contribution in [-0.4, -0.2) is 31.1 Å². The van der Waals surface area contributed by atoms with Gasteiger partial charge in [0.1, 0.15) is 6.61 Å². The topological polar surface area (TPSA) is 47.9 Å². The number of halogens is 3. The van der Waals surface area contributed by atoms with Crippen LogP contribution in [0.15, 0.2) is 72.2 Å². The molecular weight excluding hydrogens is 371 g/mol. The van der Waals surface area contributed by atoms with E-state index in [9.17, 15) is 18.0 Å². The molecule has 7 heteroatoms. The summed E-state index contributed by atoms with van der Waals surface area (Å²) in [5, 5.41) is 0. The quantitative estimate of drug-likeness (QED) is 0.564. The van der Waals surface area contributed by atoms with Crippen LogP contribution in [-0.2, 0) is 20.4 Å². The van der Waals surface area contributed by atoms with Crippen molar-refractivity contribution in [1.29, 1.82) is 0 Å². The normalized spacial score (nSPS) is 20.1. The Labute approximate surface area is 160 Å². The highest BCUT2D eigenvalue weighted by atomic mass is 19.4. The third-order valence-corrected chi connectivity index (χ3v) is 4.64. The molecule has 2 atom stereocenters. The number of aliphatic imine (C=N–C) groups is 1. The number of rotatable bonds is 5. The van der Waals surface area contributed by atoms with Gasteiger partial charge in [-0.25, -0.2) is 9.79 Å². The molecule has 0 aromatic heterocycles. The minimum Gasteiger partial charge on any atom is -0.474 e. The molecule has 1 heterocycles. The fourth-order valence-corrected chi connectivity index (χ4v) is 3.21. The fraction of sp³-hybridized carbons (Fsp3) is 0.238. The first-order chi connectivity index (χ1) is 13.3. The van der Waals surface area contributed by atoms with E-state index in [0.29, 0.717) is 5.56 Å². The molecule has 2 aromatic rings. The lowest BCUT2D eigenvalue weighted by Gasteiger charge is -2.28. The lowest BCUT2D eigenvalue weighted by atomic mass is 9.80. The average Bonchev–Trinajstić information content (AvgIpc) is 3.14. The molecule has 0 bridgehead atoms. The van der Waals surface area contributed by atoms with E-state index in [2.05, 4.69) is 11.6 Å². The summed E-state index contributed by atoms with van der Waals surface area (Å²) in [7, 11) is 1.25. The molecule has 0 saturated heterocycles. The van der Waals surface area contributed by atoms with E-state index in [4.69, 9.17) is 9.47 Å². The van der Waals surface area contributed by atoms with Crippen molar-refractivity contribution in [3.8, 4) is 0 Å². The van der Waals surface area contributed by atoms with Gasteiger partial charge in [-0.3, -0.25) is 0 Å². The zero-order chi connectivity index (χ0) is 20.4. The van der Waals surface area contributed by atoms with Crippen LogP contribution in [0.3, 0.4) is 0 Å². The number of nitrogens with zero attached hydrogens (tertiary/aromatic N) is 1. The van der Waals surface area contributed by atoms with Gasteiger partial charge < -0.3 is 9.47 Å². The third kappa shape index (κ3) is 3.52. The Hall–Kier alpha value is -3.09. The zero-order valence-electron chi connectivity index (χ0n) is 15.1. The SMILES string of the molecule is C=C[C@@H](c1ccccc1)[C@@]1(C(=O)OC)COC(c2ccc(C(F)(F)F)cc2)=N1. The van der Waals surface area contributed by atoms with E-state index in [1.165, 1.54) is 19.2 Å². The van der Waals surface area contributed by atoms with Gasteiger partial charge in [0.15, 0.2) is 0 Å². The van der Waals surface area contributed by atoms with Crippen molar-refractivity contribution >= 4 is 11.9 Å². The molecular formula is C21H18F3NO3. The molecule has 0 N–H and O–H groups in total. The average molecular weight is 389 g/mol. The van der Waals surface area contributed by atoms with Gasteiger partial charge in [-0.05, 0) is 29.8 Å². The number of methoxy groups -OCH3 is 1. The molecule has 0 spiro atoms. The van der Waals surface area contributed by atoms with Gasteiger partial charge in [0.05, 0.1) is 12.7 Å². The highest BCUT2D eigenvalue weighted by Crippen LogP contribution is 2.38. The van der Waals surface area contributed by atoms with Crippen LogP contribution in [0.1, 0.15) is 22.6 Å². The van der Waals surface area contributed by atoms with E-state index in [1.54, 1.807) is 6.08 Å². The Morgan fingerprint density at radius 2 is 1.86 bits per heavy atom. The van der Waals surface area contributed by atoms with E-state index in [0.717, 1.165) is 17.7 Å². The molecule has 0 amide bonds. The maximum Gasteiger partial charge on any atom is 0.416 e. The van der Waals surface area contributed by atoms with E-state index in [1.807, 2.05) is 30.3 Å². The van der Waals surface area contributed by atoms with Crippen LogP contribution in [0.2, 0.25) is 0 Å². The number of alkyl halides is 3. The van der Waals surface area contributed by atoms with Gasteiger partial charge in [0, 0.05) is 11.5 Å². The minimum atomic E-state index is -4.44. The smallest absolute Gasteiger partial charge is 0.416 e. The van der Waals surface area contributed by atoms with Gasteiger partial charge in [-0.1, -0.05) is 36.4 Å². The first kappa shape index (κ1) is 19.7. The van der Waals surface area contributed by atoms with Crippen LogP contribution in [0.5, 0.6) is 0 Å². The highest BCUT2D eigenvalue weighted by Gasteiger charge is 2.51. The Bertz CT molecular complexity index is 891. The summed E-state index contributed by atoms with van der Waals surface area (Å²) in [6, 6.07) is 13.6. The molecule has 0 fully saturated rings. The van der Waals surface area contributed by atoms with Gasteiger partial charge in [0.25, 0.3) is 0 Å². The summed E-state index contributed by atoms with van der Waals surface area (Å²) >= 11 is 0. The second-order valence-electron chi connectivity index (χ2n) is 6.32. The highest BCUT2D eigenvalue weighted by molar-refractivity contribution is 5.99. The van der Waals surface area contributed by atoms with Crippen LogP contribution < -0.4 is 0 Å². The maximum absolute atomic E-state index is 12.8. The summed E-state index contributed by atoms with van der Waals surface area (Å²) < 4.78 is 48.9. The van der Waals surface area contributed by atoms with Crippen molar-refractivity contribution in [2.75, 3.05) is 13.7 Å². The van der Waals surface area contributed by atoms with Crippen molar-refractivity contribution in [2.24, 2.45) is 4.99 Å². The van der Waals surface area contributed by atoms with E-state index in [-0.39, 0.29) is 12.5 Å². The van der Waals surface area contributed by atoms with Crippen molar-refractivity contribution in [1.82, 2.24) is 0 Å². The van der Waals surface area contributed by atoms with Crippen molar-refractivity contribution in [2.45, 2.75) is 17.6 Å². The second kappa shape index (κ2) is 7.50. The second-order valence-corrected chi connectivity index (χ2v) is 6.32. The molecule has 146 valence electrons. The third-order valence-electron chi connectivity index (χ3n) is 4.64.